The van der Waals surface area contributed by atoms with E-state index in [1.54, 1.807) is 18.2 Å². The van der Waals surface area contributed by atoms with E-state index in [0.29, 0.717) is 12.1 Å². The molecule has 4 aromatic rings. The highest BCUT2D eigenvalue weighted by Gasteiger charge is 2.12. The zero-order valence-corrected chi connectivity index (χ0v) is 14.7. The average molecular weight is 377 g/mol. The molecule has 140 valence electrons. The third-order valence-electron chi connectivity index (χ3n) is 4.51. The molecule has 2 N–H and O–H groups in total. The van der Waals surface area contributed by atoms with Gasteiger partial charge in [0.1, 0.15) is 5.82 Å². The number of benzene rings is 2. The first-order valence-electron chi connectivity index (χ1n) is 8.68. The van der Waals surface area contributed by atoms with Crippen LogP contribution in [0.1, 0.15) is 5.56 Å². The first-order valence-corrected chi connectivity index (χ1v) is 8.68. The molecule has 0 fully saturated rings. The topological polar surface area (TPSA) is 88.0 Å². The predicted octanol–water partition coefficient (Wildman–Crippen LogP) is 2.41. The molecule has 0 atom stereocenters. The van der Waals surface area contributed by atoms with Crippen molar-refractivity contribution in [1.82, 2.24) is 14.5 Å². The number of fused-ring (bicyclic) bond motifs is 1. The maximum absolute atomic E-state index is 13.5. The molecule has 2 aromatic carbocycles. The molecule has 0 aliphatic rings. The van der Waals surface area contributed by atoms with Gasteiger partial charge in [0.05, 0.1) is 17.3 Å². The highest BCUT2D eigenvalue weighted by molar-refractivity contribution is 5.76. The number of rotatable bonds is 4. The van der Waals surface area contributed by atoms with Gasteiger partial charge in [-0.25, -0.2) is 18.7 Å². The van der Waals surface area contributed by atoms with Gasteiger partial charge in [-0.15, -0.1) is 0 Å². The summed E-state index contributed by atoms with van der Waals surface area (Å²) in [5.74, 6) is -0.653. The fraction of sp³-hybridized carbons (Fsp3) is 0.0952. The first kappa shape index (κ1) is 17.8. The molecule has 0 saturated heterocycles. The fourth-order valence-electron chi connectivity index (χ4n) is 3.15. The van der Waals surface area contributed by atoms with Gasteiger partial charge >= 0.3 is 5.69 Å². The van der Waals surface area contributed by atoms with Crippen molar-refractivity contribution in [3.8, 4) is 16.8 Å². The van der Waals surface area contributed by atoms with Crippen LogP contribution in [0.2, 0.25) is 0 Å². The Morgan fingerprint density at radius 1 is 1.04 bits per heavy atom. The second kappa shape index (κ2) is 7.21. The second-order valence-electron chi connectivity index (χ2n) is 6.34. The smallest absolute Gasteiger partial charge is 0.334 e. The average Bonchev–Trinajstić information content (AvgIpc) is 2.70. The third kappa shape index (κ3) is 3.23. The number of nitrogens with zero attached hydrogens (tertiary/aromatic N) is 2. The zero-order valence-electron chi connectivity index (χ0n) is 14.7. The van der Waals surface area contributed by atoms with E-state index in [1.807, 2.05) is 30.3 Å². The number of halogens is 1. The van der Waals surface area contributed by atoms with Crippen LogP contribution in [0.15, 0.2) is 70.4 Å². The van der Waals surface area contributed by atoms with Crippen molar-refractivity contribution >= 4 is 11.0 Å². The largest absolute Gasteiger partial charge is 0.396 e. The lowest BCUT2D eigenvalue weighted by molar-refractivity contribution is 0.299. The number of hydrogen-bond acceptors (Lipinski definition) is 4. The summed E-state index contributed by atoms with van der Waals surface area (Å²) >= 11 is 0. The van der Waals surface area contributed by atoms with Crippen LogP contribution in [-0.4, -0.2) is 26.2 Å². The molecular formula is C21H16FN3O3. The lowest BCUT2D eigenvalue weighted by Gasteiger charge is -2.11. The van der Waals surface area contributed by atoms with Gasteiger partial charge in [-0.2, -0.15) is 0 Å². The van der Waals surface area contributed by atoms with Crippen molar-refractivity contribution in [3.63, 3.8) is 0 Å². The van der Waals surface area contributed by atoms with Crippen LogP contribution in [0.4, 0.5) is 4.39 Å². The van der Waals surface area contributed by atoms with Crippen molar-refractivity contribution in [1.29, 1.82) is 0 Å². The molecular weight excluding hydrogens is 361 g/mol. The lowest BCUT2D eigenvalue weighted by atomic mass is 10.0. The number of aromatic nitrogens is 3. The van der Waals surface area contributed by atoms with Gasteiger partial charge in [-0.1, -0.05) is 36.4 Å². The molecule has 0 saturated carbocycles. The van der Waals surface area contributed by atoms with Gasteiger partial charge in [0.15, 0.2) is 5.65 Å². The Kier molecular flexibility index (Phi) is 4.58. The Hall–Kier alpha value is -3.58. The zero-order chi connectivity index (χ0) is 19.7. The van der Waals surface area contributed by atoms with E-state index in [2.05, 4.69) is 9.97 Å². The number of pyridine rings is 1. The number of H-pyrrole nitrogens is 1. The van der Waals surface area contributed by atoms with Crippen LogP contribution < -0.4 is 11.2 Å². The summed E-state index contributed by atoms with van der Waals surface area (Å²) in [5.41, 5.74) is 2.08. The van der Waals surface area contributed by atoms with E-state index in [0.717, 1.165) is 29.0 Å². The van der Waals surface area contributed by atoms with Crippen LogP contribution in [-0.2, 0) is 6.42 Å². The summed E-state index contributed by atoms with van der Waals surface area (Å²) in [4.78, 5) is 30.6. The van der Waals surface area contributed by atoms with Gasteiger partial charge in [0.25, 0.3) is 5.56 Å². The lowest BCUT2D eigenvalue weighted by Crippen LogP contribution is -2.30. The quantitative estimate of drug-likeness (QED) is 0.572. The Labute approximate surface area is 158 Å². The monoisotopic (exact) mass is 377 g/mol. The minimum Gasteiger partial charge on any atom is -0.396 e. The summed E-state index contributed by atoms with van der Waals surface area (Å²) in [7, 11) is 0. The van der Waals surface area contributed by atoms with Gasteiger partial charge < -0.3 is 5.11 Å². The molecule has 4 rings (SSSR count). The molecule has 0 aliphatic heterocycles. The minimum atomic E-state index is -0.682. The SMILES string of the molecule is O=c1[nH]c(=O)n(-c2cccc(-c3ccc(CCO)cc3)c2)c2ncc(F)cc12. The molecule has 7 heteroatoms. The molecule has 2 aromatic heterocycles. The van der Waals surface area contributed by atoms with Crippen LogP contribution in [0, 0.1) is 5.82 Å². The summed E-state index contributed by atoms with van der Waals surface area (Å²) < 4.78 is 14.8. The molecule has 6 nitrogen and oxygen atoms in total. The highest BCUT2D eigenvalue weighted by Crippen LogP contribution is 2.23. The number of aliphatic hydroxyl groups excluding tert-OH is 1. The van der Waals surface area contributed by atoms with E-state index in [9.17, 15) is 14.0 Å². The molecule has 0 bridgehead atoms. The van der Waals surface area contributed by atoms with Gasteiger partial charge in [-0.05, 0) is 41.3 Å². The molecule has 0 spiro atoms. The van der Waals surface area contributed by atoms with Crippen LogP contribution in [0.25, 0.3) is 27.8 Å². The van der Waals surface area contributed by atoms with Crippen molar-refractivity contribution in [3.05, 3.63) is 93.0 Å². The molecule has 0 unspecified atom stereocenters. The van der Waals surface area contributed by atoms with Crippen molar-refractivity contribution in [2.45, 2.75) is 6.42 Å². The van der Waals surface area contributed by atoms with E-state index in [4.69, 9.17) is 5.11 Å². The maximum Gasteiger partial charge on any atom is 0.334 e. The highest BCUT2D eigenvalue weighted by atomic mass is 19.1. The van der Waals surface area contributed by atoms with E-state index in [1.165, 1.54) is 4.57 Å². The number of aliphatic hydroxyl groups is 1. The molecule has 0 radical (unpaired) electrons. The van der Waals surface area contributed by atoms with E-state index in [-0.39, 0.29) is 17.6 Å². The number of aromatic amines is 1. The van der Waals surface area contributed by atoms with Crippen LogP contribution in [0.5, 0.6) is 0 Å². The molecule has 0 amide bonds. The number of hydrogen-bond donors (Lipinski definition) is 2. The molecule has 28 heavy (non-hydrogen) atoms. The first-order chi connectivity index (χ1) is 13.6. The van der Waals surface area contributed by atoms with Crippen LogP contribution >= 0.6 is 0 Å². The Balaban J connectivity index is 1.86. The minimum absolute atomic E-state index is 0.00152. The van der Waals surface area contributed by atoms with E-state index >= 15 is 0 Å². The summed E-state index contributed by atoms with van der Waals surface area (Å²) in [6.07, 6.45) is 1.56. The van der Waals surface area contributed by atoms with Crippen molar-refractivity contribution in [2.24, 2.45) is 0 Å². The van der Waals surface area contributed by atoms with Gasteiger partial charge in [-0.3, -0.25) is 9.78 Å². The van der Waals surface area contributed by atoms with Crippen LogP contribution in [0.3, 0.4) is 0 Å². The Bertz CT molecular complexity index is 1280. The summed E-state index contributed by atoms with van der Waals surface area (Å²) in [5, 5.41) is 9.03. The summed E-state index contributed by atoms with van der Waals surface area (Å²) in [6, 6.07) is 16.0. The number of nitrogens with one attached hydrogen (secondary N) is 1. The van der Waals surface area contributed by atoms with Gasteiger partial charge in [0.2, 0.25) is 0 Å². The maximum atomic E-state index is 13.5. The standard InChI is InChI=1S/C21H16FN3O3/c22-16-11-18-19(23-12-16)25(21(28)24-20(18)27)17-3-1-2-15(10-17)14-6-4-13(5-7-14)8-9-26/h1-7,10-12,26H,8-9H2,(H,24,27,28). The Morgan fingerprint density at radius 2 is 1.82 bits per heavy atom. The van der Waals surface area contributed by atoms with Crippen molar-refractivity contribution < 1.29 is 9.50 Å². The second-order valence-corrected chi connectivity index (χ2v) is 6.34. The van der Waals surface area contributed by atoms with Gasteiger partial charge in [0, 0.05) is 6.61 Å². The predicted molar refractivity (Wildman–Crippen MR) is 104 cm³/mol. The molecule has 0 aliphatic carbocycles. The third-order valence-corrected chi connectivity index (χ3v) is 4.51. The fourth-order valence-corrected chi connectivity index (χ4v) is 3.15. The van der Waals surface area contributed by atoms with E-state index < -0.39 is 17.1 Å². The van der Waals surface area contributed by atoms with Crippen molar-refractivity contribution in [2.75, 3.05) is 6.61 Å². The normalized spacial score (nSPS) is 11.1. The Morgan fingerprint density at radius 3 is 2.57 bits per heavy atom. The molecule has 2 heterocycles. The summed E-state index contributed by atoms with van der Waals surface area (Å²) in [6.45, 7) is 0.0879.